The van der Waals surface area contributed by atoms with Crippen molar-refractivity contribution in [1.82, 2.24) is 14.7 Å². The molecule has 8 heteroatoms. The molecular weight excluding hydrogens is 410 g/mol. The molecule has 0 aromatic heterocycles. The van der Waals surface area contributed by atoms with Crippen molar-refractivity contribution in [3.05, 3.63) is 24.3 Å². The lowest BCUT2D eigenvalue weighted by Crippen LogP contribution is -2.55. The number of aliphatic hydroxyl groups excluding tert-OH is 1. The van der Waals surface area contributed by atoms with Gasteiger partial charge in [0.15, 0.2) is 0 Å². The predicted octanol–water partition coefficient (Wildman–Crippen LogP) is 0.957. The summed E-state index contributed by atoms with van der Waals surface area (Å²) in [6.45, 7) is 4.13. The first-order valence-electron chi connectivity index (χ1n) is 11.9. The fourth-order valence-corrected chi connectivity index (χ4v) is 5.70. The van der Waals surface area contributed by atoms with Gasteiger partial charge in [0.1, 0.15) is 11.6 Å². The highest BCUT2D eigenvalue weighted by Gasteiger charge is 2.71. The number of unbranched alkanes of at least 4 members (excludes halogenated alkanes) is 3. The molecule has 0 bridgehead atoms. The Kier molecular flexibility index (Phi) is 6.72. The summed E-state index contributed by atoms with van der Waals surface area (Å²) in [5.41, 5.74) is -1.14. The number of ether oxygens (including phenoxy) is 1. The van der Waals surface area contributed by atoms with Gasteiger partial charge in [-0.2, -0.15) is 0 Å². The largest absolute Gasteiger partial charge is 0.396 e. The van der Waals surface area contributed by atoms with Crippen LogP contribution in [-0.2, 0) is 19.1 Å². The number of hydrogen-bond donors (Lipinski definition) is 1. The summed E-state index contributed by atoms with van der Waals surface area (Å²) in [5.74, 6) is -1.77. The van der Waals surface area contributed by atoms with Gasteiger partial charge in [0, 0.05) is 39.8 Å². The van der Waals surface area contributed by atoms with Gasteiger partial charge in [0.05, 0.1) is 17.9 Å². The van der Waals surface area contributed by atoms with Gasteiger partial charge in [-0.25, -0.2) is 0 Å². The smallest absolute Gasteiger partial charge is 0.249 e. The van der Waals surface area contributed by atoms with Crippen LogP contribution >= 0.6 is 0 Å². The average Bonchev–Trinajstić information content (AvgIpc) is 3.10. The zero-order valence-corrected chi connectivity index (χ0v) is 19.1. The molecule has 1 unspecified atom stereocenters. The molecule has 1 spiro atoms. The molecule has 4 rings (SSSR count). The second kappa shape index (κ2) is 9.35. The molecule has 2 fully saturated rings. The lowest BCUT2D eigenvalue weighted by molar-refractivity contribution is -0.148. The molecule has 8 nitrogen and oxygen atoms in total. The van der Waals surface area contributed by atoms with Crippen molar-refractivity contribution < 1.29 is 24.2 Å². The number of likely N-dealkylation sites (tertiary alicyclic amines) is 1. The van der Waals surface area contributed by atoms with Gasteiger partial charge in [-0.1, -0.05) is 44.1 Å². The Morgan fingerprint density at radius 1 is 1.03 bits per heavy atom. The Bertz CT molecular complexity index is 811. The summed E-state index contributed by atoms with van der Waals surface area (Å²) >= 11 is 0. The van der Waals surface area contributed by atoms with Gasteiger partial charge in [-0.3, -0.25) is 14.4 Å². The highest BCUT2D eigenvalue weighted by atomic mass is 16.5. The normalized spacial score (nSPS) is 34.0. The fourth-order valence-electron chi connectivity index (χ4n) is 5.70. The molecule has 4 heterocycles. The van der Waals surface area contributed by atoms with E-state index in [0.29, 0.717) is 39.0 Å². The van der Waals surface area contributed by atoms with Gasteiger partial charge >= 0.3 is 0 Å². The summed E-state index contributed by atoms with van der Waals surface area (Å²) < 4.78 is 6.53. The lowest BCUT2D eigenvalue weighted by atomic mass is 9.77. The zero-order valence-electron chi connectivity index (χ0n) is 19.1. The standard InChI is InChI=1S/C24H35N3O5/c1-3-4-5-13-26-14-9-11-24-19(18-17(32-24)10-8-12-25(2)21(18)29)22(30)27(15-6-7-16-28)20(24)23(26)31/h8-11,17-20,28H,3-7,12-16H2,1-2H3/t17-,18+,19-,20?,24-/m0/s1. The van der Waals surface area contributed by atoms with Crippen LogP contribution in [0.2, 0.25) is 0 Å². The zero-order chi connectivity index (χ0) is 22.9. The minimum atomic E-state index is -1.14. The molecular formula is C24H35N3O5. The SMILES string of the molecule is CCCCCN1CC=C[C@]23O[C@H]4C=CCN(C)C(=O)[C@H]4[C@H]2C(=O)N(CCCCO)C3C1=O. The van der Waals surface area contributed by atoms with Crippen LogP contribution in [0.3, 0.4) is 0 Å². The third kappa shape index (κ3) is 3.67. The number of carbonyl (C=O) groups excluding carboxylic acids is 3. The number of likely N-dealkylation sites (N-methyl/N-ethyl adjacent to an activating group) is 1. The first kappa shape index (κ1) is 23.0. The van der Waals surface area contributed by atoms with E-state index in [1.165, 1.54) is 0 Å². The van der Waals surface area contributed by atoms with E-state index in [9.17, 15) is 19.5 Å². The van der Waals surface area contributed by atoms with E-state index in [1.54, 1.807) is 16.8 Å². The van der Waals surface area contributed by atoms with E-state index >= 15 is 0 Å². The van der Waals surface area contributed by atoms with E-state index in [2.05, 4.69) is 6.92 Å². The average molecular weight is 446 g/mol. The number of fused-ring (bicyclic) bond motifs is 2. The van der Waals surface area contributed by atoms with Crippen LogP contribution in [0, 0.1) is 11.8 Å². The summed E-state index contributed by atoms with van der Waals surface area (Å²) in [7, 11) is 1.74. The van der Waals surface area contributed by atoms with Crippen molar-refractivity contribution >= 4 is 17.7 Å². The number of rotatable bonds is 8. The number of nitrogens with zero attached hydrogens (tertiary/aromatic N) is 3. The van der Waals surface area contributed by atoms with E-state index in [0.717, 1.165) is 19.3 Å². The maximum absolute atomic E-state index is 13.8. The quantitative estimate of drug-likeness (QED) is 0.444. The Labute approximate surface area is 189 Å². The molecule has 4 aliphatic rings. The first-order chi connectivity index (χ1) is 15.5. The summed E-state index contributed by atoms with van der Waals surface area (Å²) in [4.78, 5) is 45.9. The van der Waals surface area contributed by atoms with Crippen molar-refractivity contribution in [2.45, 2.75) is 56.8 Å². The van der Waals surface area contributed by atoms with Crippen LogP contribution < -0.4 is 0 Å². The van der Waals surface area contributed by atoms with Crippen molar-refractivity contribution in [3.8, 4) is 0 Å². The minimum Gasteiger partial charge on any atom is -0.396 e. The van der Waals surface area contributed by atoms with Gasteiger partial charge in [-0.05, 0) is 19.3 Å². The van der Waals surface area contributed by atoms with Crippen molar-refractivity contribution in [3.63, 3.8) is 0 Å². The molecule has 4 aliphatic heterocycles. The third-order valence-corrected chi connectivity index (χ3v) is 7.28. The number of carbonyl (C=O) groups is 3. The Morgan fingerprint density at radius 2 is 1.81 bits per heavy atom. The van der Waals surface area contributed by atoms with Gasteiger partial charge < -0.3 is 24.5 Å². The monoisotopic (exact) mass is 445 g/mol. The topological polar surface area (TPSA) is 90.4 Å². The van der Waals surface area contributed by atoms with Gasteiger partial charge in [-0.15, -0.1) is 0 Å². The van der Waals surface area contributed by atoms with E-state index in [1.807, 2.05) is 29.2 Å². The molecule has 0 aliphatic carbocycles. The maximum atomic E-state index is 13.8. The molecule has 0 aromatic carbocycles. The van der Waals surface area contributed by atoms with Crippen LogP contribution in [-0.4, -0.2) is 95.1 Å². The molecule has 0 aromatic rings. The maximum Gasteiger partial charge on any atom is 0.249 e. The van der Waals surface area contributed by atoms with E-state index < -0.39 is 29.6 Å². The second-order valence-electron chi connectivity index (χ2n) is 9.34. The Hall–Kier alpha value is -2.19. The van der Waals surface area contributed by atoms with Gasteiger partial charge in [0.25, 0.3) is 0 Å². The van der Waals surface area contributed by atoms with Crippen molar-refractivity contribution in [2.75, 3.05) is 39.8 Å². The Balaban J connectivity index is 1.72. The molecule has 1 N–H and O–H groups in total. The van der Waals surface area contributed by atoms with E-state index in [4.69, 9.17) is 4.74 Å². The highest BCUT2D eigenvalue weighted by molar-refractivity contribution is 5.99. The predicted molar refractivity (Wildman–Crippen MR) is 118 cm³/mol. The van der Waals surface area contributed by atoms with Crippen LogP contribution in [0.4, 0.5) is 0 Å². The first-order valence-corrected chi connectivity index (χ1v) is 11.9. The van der Waals surface area contributed by atoms with Crippen LogP contribution in [0.15, 0.2) is 24.3 Å². The van der Waals surface area contributed by atoms with Crippen LogP contribution in [0.25, 0.3) is 0 Å². The van der Waals surface area contributed by atoms with Crippen LogP contribution in [0.1, 0.15) is 39.0 Å². The molecule has 2 saturated heterocycles. The molecule has 3 amide bonds. The lowest BCUT2D eigenvalue weighted by Gasteiger charge is -2.35. The van der Waals surface area contributed by atoms with Crippen molar-refractivity contribution in [1.29, 1.82) is 0 Å². The fraction of sp³-hybridized carbons (Fsp3) is 0.708. The highest BCUT2D eigenvalue weighted by Crippen LogP contribution is 2.53. The molecule has 5 atom stereocenters. The third-order valence-electron chi connectivity index (χ3n) is 7.28. The summed E-state index contributed by atoms with van der Waals surface area (Å²) in [5, 5.41) is 9.24. The minimum absolute atomic E-state index is 0.0353. The van der Waals surface area contributed by atoms with Gasteiger partial charge in [0.2, 0.25) is 17.7 Å². The number of amides is 3. The molecule has 0 saturated carbocycles. The summed E-state index contributed by atoms with van der Waals surface area (Å²) in [6, 6.07) is -0.780. The second-order valence-corrected chi connectivity index (χ2v) is 9.34. The Morgan fingerprint density at radius 3 is 2.56 bits per heavy atom. The number of aliphatic hydroxyl groups is 1. The summed E-state index contributed by atoms with van der Waals surface area (Å²) in [6.07, 6.45) is 11.2. The van der Waals surface area contributed by atoms with Crippen molar-refractivity contribution in [2.24, 2.45) is 11.8 Å². The van der Waals surface area contributed by atoms with E-state index in [-0.39, 0.29) is 24.3 Å². The molecule has 176 valence electrons. The molecule has 0 radical (unpaired) electrons. The number of hydrogen-bond acceptors (Lipinski definition) is 5. The van der Waals surface area contributed by atoms with Crippen LogP contribution in [0.5, 0.6) is 0 Å². The molecule has 32 heavy (non-hydrogen) atoms.